The first-order chi connectivity index (χ1) is 24.4. The van der Waals surface area contributed by atoms with Gasteiger partial charge in [0.2, 0.25) is 0 Å². The summed E-state index contributed by atoms with van der Waals surface area (Å²) in [5.74, 6) is -4.94. The van der Waals surface area contributed by atoms with Crippen LogP contribution in [-0.2, 0) is 28.5 Å². The normalized spacial score (nSPS) is 36.1. The van der Waals surface area contributed by atoms with Crippen molar-refractivity contribution in [2.45, 2.75) is 129 Å². The van der Waals surface area contributed by atoms with Crippen molar-refractivity contribution in [2.24, 2.45) is 28.1 Å². The molecule has 0 spiro atoms. The van der Waals surface area contributed by atoms with Crippen LogP contribution in [-0.4, -0.2) is 116 Å². The van der Waals surface area contributed by atoms with Gasteiger partial charge in [-0.1, -0.05) is 66.7 Å². The second kappa shape index (κ2) is 14.0. The summed E-state index contributed by atoms with van der Waals surface area (Å²) < 4.78 is 23.0. The third kappa shape index (κ3) is 6.80. The van der Waals surface area contributed by atoms with Crippen molar-refractivity contribution in [1.29, 1.82) is 0 Å². The van der Waals surface area contributed by atoms with Gasteiger partial charge in [-0.15, -0.1) is 0 Å². The summed E-state index contributed by atoms with van der Waals surface area (Å²) in [6.07, 6.45) is -10.9. The summed E-state index contributed by atoms with van der Waals surface area (Å²) in [5.41, 5.74) is -7.76. The number of carbonyl (C=O) groups excluding carboxylic acids is 4. The Hall–Kier alpha value is -3.40. The Bertz CT molecular complexity index is 1630. The second-order valence-corrected chi connectivity index (χ2v) is 17.5. The molecule has 2 bridgehead atoms. The van der Waals surface area contributed by atoms with Gasteiger partial charge in [-0.2, -0.15) is 0 Å². The van der Waals surface area contributed by atoms with Crippen molar-refractivity contribution in [2.75, 3.05) is 13.2 Å². The second-order valence-electron chi connectivity index (χ2n) is 17.5. The van der Waals surface area contributed by atoms with E-state index >= 15 is 0 Å². The van der Waals surface area contributed by atoms with Crippen LogP contribution in [0.1, 0.15) is 85.5 Å². The highest BCUT2D eigenvalue weighted by Crippen LogP contribution is 2.63. The highest BCUT2D eigenvalue weighted by atomic mass is 16.6. The summed E-state index contributed by atoms with van der Waals surface area (Å²) in [7, 11) is 0. The summed E-state index contributed by atoms with van der Waals surface area (Å²) in [6.45, 7) is 14.7. The van der Waals surface area contributed by atoms with Crippen molar-refractivity contribution in [3.63, 3.8) is 0 Å². The van der Waals surface area contributed by atoms with Gasteiger partial charge in [0, 0.05) is 24.2 Å². The fourth-order valence-electron chi connectivity index (χ4n) is 8.80. The third-order valence-corrected chi connectivity index (χ3v) is 12.1. The number of hydrogen-bond donors (Lipinski definition) is 6. The zero-order chi connectivity index (χ0) is 39.6. The number of esters is 2. The molecule has 11 atom stereocenters. The van der Waals surface area contributed by atoms with Crippen LogP contribution in [0.3, 0.4) is 0 Å². The number of hydrogen-bond acceptors (Lipinski definition) is 13. The lowest BCUT2D eigenvalue weighted by Crippen LogP contribution is -2.81. The number of fused-ring (bicyclic) bond motifs is 5. The predicted molar refractivity (Wildman–Crippen MR) is 188 cm³/mol. The van der Waals surface area contributed by atoms with Crippen molar-refractivity contribution in [1.82, 2.24) is 5.32 Å². The molecular weight excluding hydrogens is 690 g/mol. The first kappa shape index (κ1) is 40.8. The largest absolute Gasteiger partial charge is 0.456 e. The Morgan fingerprint density at radius 3 is 2.21 bits per heavy atom. The first-order valence-electron chi connectivity index (χ1n) is 18.2. The maximum atomic E-state index is 14.6. The SMILES string of the molecule is CC1=C2[C@@H](O)C(=O)[C@@]3(C)[C@H]([C@H](OC(=O)c4ccccc4)[C@](O)(CC1OC(=O)[C@H](O)[C@@H](NC(=O)OCC(C)(C)C)C(C)C)C2(C)C)[C@]1(O)CO[C@@H]1C[C@@H]3O. The number of amides is 1. The average Bonchev–Trinajstić information content (AvgIpc) is 3.07. The maximum Gasteiger partial charge on any atom is 0.407 e. The van der Waals surface area contributed by atoms with Crippen LogP contribution in [0.5, 0.6) is 0 Å². The first-order valence-corrected chi connectivity index (χ1v) is 18.2. The van der Waals surface area contributed by atoms with Gasteiger partial charge in [0.15, 0.2) is 11.9 Å². The van der Waals surface area contributed by atoms with Crippen LogP contribution in [0, 0.1) is 28.1 Å². The van der Waals surface area contributed by atoms with Crippen molar-refractivity contribution < 1.29 is 63.7 Å². The molecule has 1 amide bonds. The van der Waals surface area contributed by atoms with E-state index in [1.54, 1.807) is 45.9 Å². The van der Waals surface area contributed by atoms with Crippen molar-refractivity contribution in [3.8, 4) is 0 Å². The fourth-order valence-corrected chi connectivity index (χ4v) is 8.80. The predicted octanol–water partition coefficient (Wildman–Crippen LogP) is 2.22. The van der Waals surface area contributed by atoms with E-state index in [0.717, 1.165) is 0 Å². The van der Waals surface area contributed by atoms with Gasteiger partial charge in [0.25, 0.3) is 0 Å². The number of carbonyl (C=O) groups is 4. The molecule has 2 saturated carbocycles. The van der Waals surface area contributed by atoms with E-state index in [-0.39, 0.29) is 41.8 Å². The zero-order valence-electron chi connectivity index (χ0n) is 31.9. The summed E-state index contributed by atoms with van der Waals surface area (Å²) in [6, 6.07) is 6.75. The van der Waals surface area contributed by atoms with Gasteiger partial charge >= 0.3 is 18.0 Å². The molecule has 294 valence electrons. The number of ketones is 1. The molecule has 1 unspecified atom stereocenters. The smallest absolute Gasteiger partial charge is 0.407 e. The quantitative estimate of drug-likeness (QED) is 0.128. The standard InChI is InChI=1S/C39H55NO13/c1-19(2)26(40-34(47)51-17-35(4,5)6)28(43)33(46)52-22-16-39(49)31(53-32(45)21-13-11-10-12-14-21)29-37(9,23(41)15-24-38(29,48)18-50-24)30(44)27(42)25(20(22)3)36(39,7)8/h10-14,19,22-24,26-29,31,41-43,48-49H,15-18H2,1-9H3,(H,40,47)/t22?,23-,24+,26-,27+,28+,29-,31-,37+,38-,39+/m0/s1. The number of aliphatic hydroxyl groups is 5. The van der Waals surface area contributed by atoms with E-state index in [1.807, 2.05) is 20.8 Å². The molecule has 6 N–H and O–H groups in total. The Morgan fingerprint density at radius 2 is 1.66 bits per heavy atom. The molecule has 14 heteroatoms. The summed E-state index contributed by atoms with van der Waals surface area (Å²) in [4.78, 5) is 54.9. The minimum atomic E-state index is -2.28. The highest BCUT2D eigenvalue weighted by Gasteiger charge is 2.76. The Labute approximate surface area is 309 Å². The van der Waals surface area contributed by atoms with Gasteiger partial charge in [0.1, 0.15) is 29.5 Å². The molecule has 0 aromatic heterocycles. The topological polar surface area (TPSA) is 218 Å². The molecule has 1 aromatic rings. The lowest BCUT2D eigenvalue weighted by atomic mass is 9.44. The molecule has 1 heterocycles. The maximum absolute atomic E-state index is 14.6. The number of Topliss-reactive ketones (excluding diaryl/α,β-unsaturated/α-hetero) is 1. The van der Waals surface area contributed by atoms with E-state index < -0.39 is 107 Å². The van der Waals surface area contributed by atoms with Gasteiger partial charge in [0.05, 0.1) is 42.4 Å². The van der Waals surface area contributed by atoms with E-state index in [9.17, 15) is 44.7 Å². The molecule has 0 radical (unpaired) electrons. The molecule has 3 aliphatic carbocycles. The summed E-state index contributed by atoms with van der Waals surface area (Å²) in [5, 5.41) is 62.7. The van der Waals surface area contributed by atoms with E-state index in [4.69, 9.17) is 18.9 Å². The van der Waals surface area contributed by atoms with Gasteiger partial charge in [-0.3, -0.25) is 4.79 Å². The van der Waals surface area contributed by atoms with Crippen LogP contribution < -0.4 is 5.32 Å². The van der Waals surface area contributed by atoms with Crippen LogP contribution >= 0.6 is 0 Å². The molecule has 1 aliphatic heterocycles. The highest BCUT2D eigenvalue weighted by molar-refractivity contribution is 5.94. The molecular formula is C39H55NO13. The molecule has 1 aromatic carbocycles. The Kier molecular flexibility index (Phi) is 10.8. The van der Waals surface area contributed by atoms with Crippen LogP contribution in [0.2, 0.25) is 0 Å². The van der Waals surface area contributed by atoms with Crippen LogP contribution in [0.4, 0.5) is 4.79 Å². The monoisotopic (exact) mass is 745 g/mol. The van der Waals surface area contributed by atoms with Gasteiger partial charge in [-0.25, -0.2) is 14.4 Å². The van der Waals surface area contributed by atoms with E-state index in [1.165, 1.54) is 26.0 Å². The number of alkyl carbamates (subject to hydrolysis) is 1. The number of nitrogens with one attached hydrogen (secondary N) is 1. The van der Waals surface area contributed by atoms with E-state index in [2.05, 4.69) is 5.32 Å². The molecule has 14 nitrogen and oxygen atoms in total. The lowest BCUT2D eigenvalue weighted by molar-refractivity contribution is -0.343. The Balaban J connectivity index is 1.59. The number of rotatable bonds is 8. The lowest BCUT2D eigenvalue weighted by Gasteiger charge is -2.66. The Morgan fingerprint density at radius 1 is 1.04 bits per heavy atom. The fraction of sp³-hybridized carbons (Fsp3) is 0.692. The molecule has 5 rings (SSSR count). The van der Waals surface area contributed by atoms with Crippen LogP contribution in [0.15, 0.2) is 41.5 Å². The minimum absolute atomic E-state index is 0.0283. The average molecular weight is 746 g/mol. The van der Waals surface area contributed by atoms with Crippen molar-refractivity contribution in [3.05, 3.63) is 47.0 Å². The summed E-state index contributed by atoms with van der Waals surface area (Å²) >= 11 is 0. The molecule has 4 aliphatic rings. The number of aliphatic hydroxyl groups excluding tert-OH is 3. The molecule has 53 heavy (non-hydrogen) atoms. The van der Waals surface area contributed by atoms with Gasteiger partial charge in [-0.05, 0) is 48.5 Å². The zero-order valence-corrected chi connectivity index (χ0v) is 31.9. The van der Waals surface area contributed by atoms with E-state index in [0.29, 0.717) is 0 Å². The van der Waals surface area contributed by atoms with Crippen LogP contribution in [0.25, 0.3) is 0 Å². The van der Waals surface area contributed by atoms with Gasteiger partial charge < -0.3 is 49.8 Å². The molecule has 3 fully saturated rings. The minimum Gasteiger partial charge on any atom is -0.456 e. The third-order valence-electron chi connectivity index (χ3n) is 12.1. The number of ether oxygens (including phenoxy) is 4. The van der Waals surface area contributed by atoms with Crippen molar-refractivity contribution >= 4 is 23.8 Å². The molecule has 1 saturated heterocycles. The number of benzene rings is 1.